The van der Waals surface area contributed by atoms with E-state index in [0.717, 1.165) is 18.0 Å². The van der Waals surface area contributed by atoms with Crippen molar-refractivity contribution in [1.29, 1.82) is 0 Å². The van der Waals surface area contributed by atoms with Crippen LogP contribution in [0.3, 0.4) is 0 Å². The van der Waals surface area contributed by atoms with E-state index in [4.69, 9.17) is 4.74 Å². The zero-order chi connectivity index (χ0) is 14.4. The summed E-state index contributed by atoms with van der Waals surface area (Å²) >= 11 is 0. The number of hydrogen-bond donors (Lipinski definition) is 1. The molecule has 0 fully saturated rings. The Balaban J connectivity index is 1.83. The van der Waals surface area contributed by atoms with Crippen LogP contribution in [0, 0.1) is 0 Å². The second-order valence-electron chi connectivity index (χ2n) is 5.40. The Labute approximate surface area is 121 Å². The summed E-state index contributed by atoms with van der Waals surface area (Å²) in [5, 5.41) is 3.37. The number of nitrogens with one attached hydrogen (secondary N) is 1. The minimum absolute atomic E-state index is 0.125. The number of hydrogen-bond acceptors (Lipinski definition) is 2. The Morgan fingerprint density at radius 2 is 1.55 bits per heavy atom. The Morgan fingerprint density at radius 3 is 2.15 bits per heavy atom. The molecular formula is C18H23NO. The van der Waals surface area contributed by atoms with Crippen LogP contribution < -0.4 is 10.1 Å². The number of rotatable bonds is 6. The molecule has 0 aliphatic rings. The molecule has 0 saturated heterocycles. The molecule has 2 aromatic carbocycles. The highest BCUT2D eigenvalue weighted by molar-refractivity contribution is 5.42. The van der Waals surface area contributed by atoms with E-state index in [1.807, 2.05) is 30.3 Å². The van der Waals surface area contributed by atoms with E-state index < -0.39 is 0 Å². The summed E-state index contributed by atoms with van der Waals surface area (Å²) in [5.41, 5.74) is 2.46. The van der Waals surface area contributed by atoms with Crippen molar-refractivity contribution in [1.82, 2.24) is 0 Å². The lowest BCUT2D eigenvalue weighted by atomic mass is 10.0. The molecule has 20 heavy (non-hydrogen) atoms. The van der Waals surface area contributed by atoms with Gasteiger partial charge in [-0.3, -0.25) is 0 Å². The first-order chi connectivity index (χ1) is 9.65. The second kappa shape index (κ2) is 6.99. The maximum atomic E-state index is 5.91. The fraction of sp³-hybridized carbons (Fsp3) is 0.333. The lowest BCUT2D eigenvalue weighted by Gasteiger charge is -2.16. The van der Waals surface area contributed by atoms with Crippen LogP contribution in [0.15, 0.2) is 54.6 Å². The SMILES string of the molecule is CC(C)c1ccc(O[C@H](C)CNc2ccccc2)cc1. The van der Waals surface area contributed by atoms with Gasteiger partial charge >= 0.3 is 0 Å². The molecule has 0 saturated carbocycles. The molecule has 2 rings (SSSR count). The van der Waals surface area contributed by atoms with Gasteiger partial charge in [-0.1, -0.05) is 44.2 Å². The number of para-hydroxylation sites is 1. The fourth-order valence-electron chi connectivity index (χ4n) is 2.02. The van der Waals surface area contributed by atoms with Crippen LogP contribution in [0.1, 0.15) is 32.3 Å². The number of ether oxygens (including phenoxy) is 1. The third-order valence-electron chi connectivity index (χ3n) is 3.25. The van der Waals surface area contributed by atoms with Crippen LogP contribution in [-0.2, 0) is 0 Å². The quantitative estimate of drug-likeness (QED) is 0.821. The van der Waals surface area contributed by atoms with Crippen LogP contribution >= 0.6 is 0 Å². The van der Waals surface area contributed by atoms with Gasteiger partial charge in [-0.25, -0.2) is 0 Å². The molecule has 0 aliphatic heterocycles. The van der Waals surface area contributed by atoms with E-state index in [1.54, 1.807) is 0 Å². The third kappa shape index (κ3) is 4.30. The molecule has 2 heteroatoms. The molecule has 0 amide bonds. The fourth-order valence-corrected chi connectivity index (χ4v) is 2.02. The standard InChI is InChI=1S/C18H23NO/c1-14(2)16-9-11-18(12-10-16)20-15(3)13-19-17-7-5-4-6-8-17/h4-12,14-15,19H,13H2,1-3H3/t15-/m1/s1. The van der Waals surface area contributed by atoms with Crippen LogP contribution in [0.5, 0.6) is 5.75 Å². The molecule has 0 unspecified atom stereocenters. The summed E-state index contributed by atoms with van der Waals surface area (Å²) in [6.45, 7) is 7.26. The predicted octanol–water partition coefficient (Wildman–Crippen LogP) is 4.69. The van der Waals surface area contributed by atoms with Crippen LogP contribution in [0.4, 0.5) is 5.69 Å². The van der Waals surface area contributed by atoms with Gasteiger partial charge in [-0.2, -0.15) is 0 Å². The second-order valence-corrected chi connectivity index (χ2v) is 5.40. The van der Waals surface area contributed by atoms with E-state index in [1.165, 1.54) is 5.56 Å². The van der Waals surface area contributed by atoms with Gasteiger partial charge < -0.3 is 10.1 Å². The monoisotopic (exact) mass is 269 g/mol. The van der Waals surface area contributed by atoms with E-state index >= 15 is 0 Å². The average molecular weight is 269 g/mol. The maximum absolute atomic E-state index is 5.91. The smallest absolute Gasteiger partial charge is 0.119 e. The zero-order valence-electron chi connectivity index (χ0n) is 12.5. The Kier molecular flexibility index (Phi) is 5.05. The Bertz CT molecular complexity index is 505. The molecule has 0 spiro atoms. The van der Waals surface area contributed by atoms with Gasteiger partial charge in [-0.05, 0) is 42.7 Å². The lowest BCUT2D eigenvalue weighted by Crippen LogP contribution is -2.22. The van der Waals surface area contributed by atoms with Gasteiger partial charge in [0.25, 0.3) is 0 Å². The van der Waals surface area contributed by atoms with Gasteiger partial charge in [0.2, 0.25) is 0 Å². The predicted molar refractivity (Wildman–Crippen MR) is 85.6 cm³/mol. The Hall–Kier alpha value is -1.96. The largest absolute Gasteiger partial charge is 0.489 e. The van der Waals surface area contributed by atoms with Gasteiger partial charge in [0.1, 0.15) is 11.9 Å². The lowest BCUT2D eigenvalue weighted by molar-refractivity contribution is 0.234. The summed E-state index contributed by atoms with van der Waals surface area (Å²) in [6.07, 6.45) is 0.125. The van der Waals surface area contributed by atoms with Crippen molar-refractivity contribution in [3.63, 3.8) is 0 Å². The average Bonchev–Trinajstić information content (AvgIpc) is 2.47. The molecule has 0 aliphatic carbocycles. The van der Waals surface area contributed by atoms with Gasteiger partial charge in [0.15, 0.2) is 0 Å². The van der Waals surface area contributed by atoms with Crippen molar-refractivity contribution < 1.29 is 4.74 Å². The molecule has 2 nitrogen and oxygen atoms in total. The van der Waals surface area contributed by atoms with Crippen molar-refractivity contribution in [2.45, 2.75) is 32.8 Å². The minimum Gasteiger partial charge on any atom is -0.489 e. The van der Waals surface area contributed by atoms with Gasteiger partial charge in [0.05, 0.1) is 6.54 Å². The molecule has 0 bridgehead atoms. The van der Waals surface area contributed by atoms with E-state index in [-0.39, 0.29) is 6.10 Å². The summed E-state index contributed by atoms with van der Waals surface area (Å²) in [6, 6.07) is 18.6. The van der Waals surface area contributed by atoms with E-state index in [0.29, 0.717) is 5.92 Å². The molecule has 0 heterocycles. The molecule has 106 valence electrons. The first kappa shape index (κ1) is 14.4. The summed E-state index contributed by atoms with van der Waals surface area (Å²) in [4.78, 5) is 0. The summed E-state index contributed by atoms with van der Waals surface area (Å²) in [7, 11) is 0. The highest BCUT2D eigenvalue weighted by Gasteiger charge is 2.05. The van der Waals surface area contributed by atoms with Crippen molar-refractivity contribution in [3.8, 4) is 5.75 Å². The van der Waals surface area contributed by atoms with Crippen LogP contribution in [0.25, 0.3) is 0 Å². The maximum Gasteiger partial charge on any atom is 0.119 e. The summed E-state index contributed by atoms with van der Waals surface area (Å²) in [5.74, 6) is 1.48. The van der Waals surface area contributed by atoms with Gasteiger partial charge in [-0.15, -0.1) is 0 Å². The molecule has 2 aromatic rings. The zero-order valence-corrected chi connectivity index (χ0v) is 12.5. The molecule has 1 N–H and O–H groups in total. The van der Waals surface area contributed by atoms with Crippen LogP contribution in [-0.4, -0.2) is 12.6 Å². The van der Waals surface area contributed by atoms with E-state index in [2.05, 4.69) is 50.4 Å². The molecule has 0 aromatic heterocycles. The topological polar surface area (TPSA) is 21.3 Å². The molecular weight excluding hydrogens is 246 g/mol. The first-order valence-electron chi connectivity index (χ1n) is 7.20. The van der Waals surface area contributed by atoms with Gasteiger partial charge in [0, 0.05) is 5.69 Å². The minimum atomic E-state index is 0.125. The first-order valence-corrected chi connectivity index (χ1v) is 7.20. The van der Waals surface area contributed by atoms with Crippen molar-refractivity contribution in [3.05, 3.63) is 60.2 Å². The number of anilines is 1. The number of benzene rings is 2. The van der Waals surface area contributed by atoms with Crippen molar-refractivity contribution >= 4 is 5.69 Å². The highest BCUT2D eigenvalue weighted by atomic mass is 16.5. The Morgan fingerprint density at radius 1 is 0.900 bits per heavy atom. The molecule has 1 atom stereocenters. The summed E-state index contributed by atoms with van der Waals surface area (Å²) < 4.78 is 5.91. The third-order valence-corrected chi connectivity index (χ3v) is 3.25. The van der Waals surface area contributed by atoms with E-state index in [9.17, 15) is 0 Å². The molecule has 0 radical (unpaired) electrons. The van der Waals surface area contributed by atoms with Crippen molar-refractivity contribution in [2.75, 3.05) is 11.9 Å². The highest BCUT2D eigenvalue weighted by Crippen LogP contribution is 2.19. The normalized spacial score (nSPS) is 12.2. The van der Waals surface area contributed by atoms with Crippen LogP contribution in [0.2, 0.25) is 0 Å². The van der Waals surface area contributed by atoms with Crippen molar-refractivity contribution in [2.24, 2.45) is 0 Å².